The lowest BCUT2D eigenvalue weighted by molar-refractivity contribution is 0.366. The predicted octanol–water partition coefficient (Wildman–Crippen LogP) is 1.87. The van der Waals surface area contributed by atoms with Crippen molar-refractivity contribution < 1.29 is 4.52 Å². The monoisotopic (exact) mass is 206 g/mol. The molecule has 0 saturated carbocycles. The standard InChI is InChI=1S/C10H14N4O/c1-5(10-11-8(4)14-15-10)9-6(2)12-13-7(9)3/h5H,1-4H3,(H,12,13)/t5-/m0/s1. The van der Waals surface area contributed by atoms with Gasteiger partial charge in [-0.3, -0.25) is 5.10 Å². The highest BCUT2D eigenvalue weighted by Gasteiger charge is 2.20. The van der Waals surface area contributed by atoms with Crippen LogP contribution in [0.15, 0.2) is 4.52 Å². The number of nitrogens with zero attached hydrogens (tertiary/aromatic N) is 3. The van der Waals surface area contributed by atoms with Crippen LogP contribution >= 0.6 is 0 Å². The molecule has 0 aliphatic heterocycles. The Balaban J connectivity index is 2.40. The summed E-state index contributed by atoms with van der Waals surface area (Å²) in [6.07, 6.45) is 0. The van der Waals surface area contributed by atoms with E-state index in [0.29, 0.717) is 11.7 Å². The molecule has 2 rings (SSSR count). The van der Waals surface area contributed by atoms with Crippen LogP contribution in [0.2, 0.25) is 0 Å². The fourth-order valence-electron chi connectivity index (χ4n) is 1.81. The molecule has 5 heteroatoms. The average molecular weight is 206 g/mol. The van der Waals surface area contributed by atoms with Gasteiger partial charge >= 0.3 is 0 Å². The van der Waals surface area contributed by atoms with Crippen molar-refractivity contribution in [1.82, 2.24) is 20.3 Å². The van der Waals surface area contributed by atoms with E-state index in [1.54, 1.807) is 0 Å². The van der Waals surface area contributed by atoms with E-state index in [2.05, 4.69) is 20.3 Å². The first-order valence-electron chi connectivity index (χ1n) is 4.91. The Morgan fingerprint density at radius 1 is 1.27 bits per heavy atom. The van der Waals surface area contributed by atoms with Gasteiger partial charge in [-0.05, 0) is 27.7 Å². The maximum Gasteiger partial charge on any atom is 0.234 e. The van der Waals surface area contributed by atoms with Crippen LogP contribution in [0.4, 0.5) is 0 Å². The normalized spacial score (nSPS) is 13.1. The molecule has 0 saturated heterocycles. The highest BCUT2D eigenvalue weighted by molar-refractivity contribution is 5.30. The van der Waals surface area contributed by atoms with Crippen LogP contribution in [0.25, 0.3) is 0 Å². The van der Waals surface area contributed by atoms with Crippen LogP contribution in [0.5, 0.6) is 0 Å². The number of hydrogen-bond donors (Lipinski definition) is 1. The molecule has 15 heavy (non-hydrogen) atoms. The molecule has 5 nitrogen and oxygen atoms in total. The number of aryl methyl sites for hydroxylation is 3. The molecule has 0 aliphatic carbocycles. The van der Waals surface area contributed by atoms with Gasteiger partial charge in [-0.15, -0.1) is 0 Å². The summed E-state index contributed by atoms with van der Waals surface area (Å²) < 4.78 is 5.16. The Kier molecular flexibility index (Phi) is 2.30. The second-order valence-electron chi connectivity index (χ2n) is 3.75. The lowest BCUT2D eigenvalue weighted by atomic mass is 9.99. The van der Waals surface area contributed by atoms with Gasteiger partial charge in [-0.1, -0.05) is 5.16 Å². The molecule has 0 fully saturated rings. The second-order valence-corrected chi connectivity index (χ2v) is 3.75. The van der Waals surface area contributed by atoms with Gasteiger partial charge < -0.3 is 4.52 Å². The Bertz CT molecular complexity index is 452. The molecular formula is C10H14N4O. The molecule has 1 N–H and O–H groups in total. The molecule has 2 aromatic heterocycles. The molecule has 1 atom stereocenters. The van der Waals surface area contributed by atoms with Crippen molar-refractivity contribution in [2.24, 2.45) is 0 Å². The van der Waals surface area contributed by atoms with E-state index in [0.717, 1.165) is 17.0 Å². The molecule has 2 heterocycles. The third-order valence-electron chi connectivity index (χ3n) is 2.53. The summed E-state index contributed by atoms with van der Waals surface area (Å²) in [4.78, 5) is 4.23. The molecule has 0 bridgehead atoms. The molecule has 0 amide bonds. The fourth-order valence-corrected chi connectivity index (χ4v) is 1.81. The lowest BCUT2D eigenvalue weighted by Crippen LogP contribution is -1.99. The van der Waals surface area contributed by atoms with Gasteiger partial charge in [-0.2, -0.15) is 10.1 Å². The summed E-state index contributed by atoms with van der Waals surface area (Å²) in [6, 6.07) is 0. The molecular weight excluding hydrogens is 192 g/mol. The van der Waals surface area contributed by atoms with Gasteiger partial charge in [0.2, 0.25) is 5.89 Å². The molecule has 0 aliphatic rings. The van der Waals surface area contributed by atoms with Crippen molar-refractivity contribution >= 4 is 0 Å². The number of nitrogens with one attached hydrogen (secondary N) is 1. The zero-order chi connectivity index (χ0) is 11.0. The van der Waals surface area contributed by atoms with Crippen molar-refractivity contribution in [2.45, 2.75) is 33.6 Å². The maximum atomic E-state index is 5.16. The van der Waals surface area contributed by atoms with Crippen molar-refractivity contribution in [2.75, 3.05) is 0 Å². The predicted molar refractivity (Wildman–Crippen MR) is 54.6 cm³/mol. The van der Waals surface area contributed by atoms with Crippen LogP contribution in [0, 0.1) is 20.8 Å². The van der Waals surface area contributed by atoms with E-state index in [1.807, 2.05) is 27.7 Å². The van der Waals surface area contributed by atoms with E-state index in [1.165, 1.54) is 0 Å². The van der Waals surface area contributed by atoms with Crippen LogP contribution in [0.1, 0.15) is 41.5 Å². The van der Waals surface area contributed by atoms with Crippen molar-refractivity contribution in [3.05, 3.63) is 28.7 Å². The minimum Gasteiger partial charge on any atom is -0.339 e. The number of H-pyrrole nitrogens is 1. The number of rotatable bonds is 2. The van der Waals surface area contributed by atoms with Crippen LogP contribution in [-0.2, 0) is 0 Å². The highest BCUT2D eigenvalue weighted by atomic mass is 16.5. The summed E-state index contributed by atoms with van der Waals surface area (Å²) in [7, 11) is 0. The largest absolute Gasteiger partial charge is 0.339 e. The SMILES string of the molecule is Cc1noc([C@@H](C)c2c(C)n[nH]c2C)n1. The van der Waals surface area contributed by atoms with Crippen molar-refractivity contribution in [1.29, 1.82) is 0 Å². The Morgan fingerprint density at radius 2 is 2.00 bits per heavy atom. The minimum atomic E-state index is 0.0879. The van der Waals surface area contributed by atoms with Crippen molar-refractivity contribution in [3.8, 4) is 0 Å². The van der Waals surface area contributed by atoms with Gasteiger partial charge in [0.15, 0.2) is 5.82 Å². The first-order valence-corrected chi connectivity index (χ1v) is 4.91. The Morgan fingerprint density at radius 3 is 2.47 bits per heavy atom. The van der Waals surface area contributed by atoms with Gasteiger partial charge in [0, 0.05) is 11.3 Å². The van der Waals surface area contributed by atoms with Gasteiger partial charge in [0.1, 0.15) is 0 Å². The first kappa shape index (κ1) is 9.89. The highest BCUT2D eigenvalue weighted by Crippen LogP contribution is 2.26. The third kappa shape index (κ3) is 1.65. The summed E-state index contributed by atoms with van der Waals surface area (Å²) in [5.41, 5.74) is 3.17. The minimum absolute atomic E-state index is 0.0879. The third-order valence-corrected chi connectivity index (χ3v) is 2.53. The summed E-state index contributed by atoms with van der Waals surface area (Å²) >= 11 is 0. The molecule has 0 spiro atoms. The topological polar surface area (TPSA) is 67.6 Å². The van der Waals surface area contributed by atoms with E-state index in [4.69, 9.17) is 4.52 Å². The molecule has 0 aromatic carbocycles. The average Bonchev–Trinajstić information content (AvgIpc) is 2.73. The smallest absolute Gasteiger partial charge is 0.234 e. The van der Waals surface area contributed by atoms with Crippen molar-refractivity contribution in [3.63, 3.8) is 0 Å². The lowest BCUT2D eigenvalue weighted by Gasteiger charge is -2.06. The molecule has 80 valence electrons. The zero-order valence-electron chi connectivity index (χ0n) is 9.33. The van der Waals surface area contributed by atoms with Crippen LogP contribution in [-0.4, -0.2) is 20.3 Å². The fraction of sp³-hybridized carbons (Fsp3) is 0.500. The summed E-state index contributed by atoms with van der Waals surface area (Å²) in [5, 5.41) is 10.9. The van der Waals surface area contributed by atoms with Crippen LogP contribution in [0.3, 0.4) is 0 Å². The molecule has 2 aromatic rings. The van der Waals surface area contributed by atoms with Crippen LogP contribution < -0.4 is 0 Å². The first-order chi connectivity index (χ1) is 7.09. The summed E-state index contributed by atoms with van der Waals surface area (Å²) in [5.74, 6) is 1.39. The summed E-state index contributed by atoms with van der Waals surface area (Å²) in [6.45, 7) is 7.82. The Hall–Kier alpha value is -1.65. The Labute approximate surface area is 87.9 Å². The number of aromatic amines is 1. The van der Waals surface area contributed by atoms with Gasteiger partial charge in [0.25, 0.3) is 0 Å². The second kappa shape index (κ2) is 3.49. The van der Waals surface area contributed by atoms with Gasteiger partial charge in [-0.25, -0.2) is 0 Å². The quantitative estimate of drug-likeness (QED) is 0.814. The van der Waals surface area contributed by atoms with Gasteiger partial charge in [0.05, 0.1) is 11.6 Å². The van der Waals surface area contributed by atoms with E-state index in [-0.39, 0.29) is 5.92 Å². The molecule has 0 radical (unpaired) electrons. The zero-order valence-corrected chi connectivity index (χ0v) is 9.33. The molecule has 0 unspecified atom stereocenters. The van der Waals surface area contributed by atoms with E-state index < -0.39 is 0 Å². The number of aromatic nitrogens is 4. The van der Waals surface area contributed by atoms with E-state index >= 15 is 0 Å². The van der Waals surface area contributed by atoms with E-state index in [9.17, 15) is 0 Å². The maximum absolute atomic E-state index is 5.16. The number of hydrogen-bond acceptors (Lipinski definition) is 4.